The van der Waals surface area contributed by atoms with Crippen molar-refractivity contribution in [2.24, 2.45) is 0 Å². The summed E-state index contributed by atoms with van der Waals surface area (Å²) in [5.74, 6) is -0.140. The highest BCUT2D eigenvalue weighted by Crippen LogP contribution is 2.37. The summed E-state index contributed by atoms with van der Waals surface area (Å²) in [7, 11) is 0. The molecule has 0 saturated heterocycles. The van der Waals surface area contributed by atoms with E-state index in [0.29, 0.717) is 22.6 Å². The van der Waals surface area contributed by atoms with Gasteiger partial charge in [0.05, 0.1) is 6.20 Å². The number of fused-ring (bicyclic) bond motifs is 1. The zero-order chi connectivity index (χ0) is 22.2. The lowest BCUT2D eigenvalue weighted by Crippen LogP contribution is -2.17. The number of halogens is 3. The average molecular weight is 427 g/mol. The van der Waals surface area contributed by atoms with Crippen LogP contribution in [0.25, 0.3) is 27.9 Å². The molecule has 3 heterocycles. The van der Waals surface area contributed by atoms with Crippen LogP contribution in [0.5, 0.6) is 5.75 Å². The third-order valence-corrected chi connectivity index (χ3v) is 4.41. The second-order valence-corrected chi connectivity index (χ2v) is 6.69. The number of nitrogens with two attached hydrogens (primary N) is 1. The number of ether oxygens (including phenoxy) is 1. The number of para-hydroxylation sites is 1. The molecule has 1 aromatic carbocycles. The van der Waals surface area contributed by atoms with Gasteiger partial charge in [-0.05, 0) is 24.3 Å². The molecule has 0 aliphatic rings. The minimum atomic E-state index is -4.84. The number of anilines is 2. The molecular formula is C21H16F3N5O2. The lowest BCUT2D eigenvalue weighted by atomic mass is 10.0. The summed E-state index contributed by atoms with van der Waals surface area (Å²) in [6.45, 7) is 1.39. The van der Waals surface area contributed by atoms with Gasteiger partial charge in [0.15, 0.2) is 5.82 Å². The number of alkyl halides is 3. The number of nitrogens with zero attached hydrogens (tertiary/aromatic N) is 3. The molecule has 10 heteroatoms. The highest BCUT2D eigenvalue weighted by Gasteiger charge is 2.32. The fourth-order valence-electron chi connectivity index (χ4n) is 3.15. The maximum atomic E-state index is 12.8. The number of imidazole rings is 1. The molecule has 0 bridgehead atoms. The van der Waals surface area contributed by atoms with Crippen LogP contribution in [0.2, 0.25) is 0 Å². The van der Waals surface area contributed by atoms with Gasteiger partial charge in [-0.25, -0.2) is 9.97 Å². The van der Waals surface area contributed by atoms with Gasteiger partial charge in [-0.15, -0.1) is 13.2 Å². The van der Waals surface area contributed by atoms with Gasteiger partial charge >= 0.3 is 6.36 Å². The highest BCUT2D eigenvalue weighted by atomic mass is 19.4. The van der Waals surface area contributed by atoms with E-state index < -0.39 is 6.36 Å². The van der Waals surface area contributed by atoms with E-state index in [0.717, 1.165) is 5.56 Å². The number of amides is 1. The van der Waals surface area contributed by atoms with Gasteiger partial charge in [0.1, 0.15) is 17.2 Å². The smallest absolute Gasteiger partial charge is 0.405 e. The number of nitrogen functional groups attached to an aromatic ring is 1. The number of carbonyl (C=O) groups excluding carboxylic acids is 1. The molecular weight excluding hydrogens is 411 g/mol. The summed E-state index contributed by atoms with van der Waals surface area (Å²) in [5, 5.41) is 2.61. The molecule has 7 nitrogen and oxygen atoms in total. The number of carbonyl (C=O) groups is 1. The van der Waals surface area contributed by atoms with Gasteiger partial charge in [0.25, 0.3) is 0 Å². The van der Waals surface area contributed by atoms with Crippen molar-refractivity contribution >= 4 is 23.2 Å². The highest BCUT2D eigenvalue weighted by molar-refractivity contribution is 5.88. The number of hydrogen-bond donors (Lipinski definition) is 2. The third-order valence-electron chi connectivity index (χ3n) is 4.41. The van der Waals surface area contributed by atoms with Crippen molar-refractivity contribution in [1.82, 2.24) is 14.4 Å². The molecule has 0 aliphatic carbocycles. The second-order valence-electron chi connectivity index (χ2n) is 6.69. The lowest BCUT2D eigenvalue weighted by molar-refractivity contribution is -0.274. The molecule has 0 unspecified atom stereocenters. The molecule has 3 aromatic heterocycles. The molecule has 0 spiro atoms. The molecule has 0 radical (unpaired) electrons. The van der Waals surface area contributed by atoms with Crippen LogP contribution in [-0.4, -0.2) is 26.6 Å². The zero-order valence-electron chi connectivity index (χ0n) is 16.1. The lowest BCUT2D eigenvalue weighted by Gasteiger charge is -2.15. The average Bonchev–Trinajstić information content (AvgIpc) is 3.08. The van der Waals surface area contributed by atoms with Crippen LogP contribution in [-0.2, 0) is 4.79 Å². The second kappa shape index (κ2) is 7.63. The predicted octanol–water partition coefficient (Wildman–Crippen LogP) is 4.50. The molecule has 3 N–H and O–H groups in total. The number of rotatable bonds is 4. The van der Waals surface area contributed by atoms with E-state index in [9.17, 15) is 18.0 Å². The molecule has 0 aliphatic heterocycles. The third kappa shape index (κ3) is 4.42. The van der Waals surface area contributed by atoms with Crippen molar-refractivity contribution < 1.29 is 22.7 Å². The molecule has 4 rings (SSSR count). The fourth-order valence-corrected chi connectivity index (χ4v) is 3.15. The van der Waals surface area contributed by atoms with Crippen LogP contribution in [0, 0.1) is 0 Å². The van der Waals surface area contributed by atoms with E-state index in [1.807, 2.05) is 0 Å². The van der Waals surface area contributed by atoms with Gasteiger partial charge < -0.3 is 20.2 Å². The SMILES string of the molecule is CC(=O)Nc1cn2cc(-c3cnc(N)c(-c4ccccc4OC(F)(F)F)c3)ccc2n1. The van der Waals surface area contributed by atoms with Crippen LogP contribution >= 0.6 is 0 Å². The summed E-state index contributed by atoms with van der Waals surface area (Å²) in [4.78, 5) is 19.7. The van der Waals surface area contributed by atoms with E-state index >= 15 is 0 Å². The summed E-state index contributed by atoms with van der Waals surface area (Å²) in [6, 6.07) is 10.9. The fraction of sp³-hybridized carbons (Fsp3) is 0.0952. The molecule has 0 saturated carbocycles. The van der Waals surface area contributed by atoms with Crippen molar-refractivity contribution in [1.29, 1.82) is 0 Å². The molecule has 0 atom stereocenters. The van der Waals surface area contributed by atoms with E-state index in [-0.39, 0.29) is 23.0 Å². The summed E-state index contributed by atoms with van der Waals surface area (Å²) < 4.78 is 44.3. The Bertz CT molecular complexity index is 1280. The first-order chi connectivity index (χ1) is 14.7. The number of aromatic nitrogens is 3. The van der Waals surface area contributed by atoms with Crippen molar-refractivity contribution in [3.63, 3.8) is 0 Å². The first-order valence-electron chi connectivity index (χ1n) is 9.07. The first kappa shape index (κ1) is 20.2. The standard InChI is InChI=1S/C21H16F3N5O2/c1-12(30)27-18-11-29-10-13(6-7-19(29)28-18)14-8-16(20(25)26-9-14)15-4-2-3-5-17(15)31-21(22,23)24/h2-11H,1H3,(H2,25,26)(H,27,30). The van der Waals surface area contributed by atoms with Gasteiger partial charge in [-0.1, -0.05) is 18.2 Å². The number of pyridine rings is 2. The van der Waals surface area contributed by atoms with Crippen molar-refractivity contribution in [2.45, 2.75) is 13.3 Å². The monoisotopic (exact) mass is 427 g/mol. The number of nitrogens with one attached hydrogen (secondary N) is 1. The number of hydrogen-bond acceptors (Lipinski definition) is 5. The van der Waals surface area contributed by atoms with Crippen molar-refractivity contribution in [2.75, 3.05) is 11.1 Å². The summed E-state index contributed by atoms with van der Waals surface area (Å²) in [6.07, 6.45) is 0.105. The Morgan fingerprint density at radius 2 is 1.87 bits per heavy atom. The largest absolute Gasteiger partial charge is 0.573 e. The molecule has 0 fully saturated rings. The first-order valence-corrected chi connectivity index (χ1v) is 9.07. The minimum absolute atomic E-state index is 0.0682. The summed E-state index contributed by atoms with van der Waals surface area (Å²) >= 11 is 0. The minimum Gasteiger partial charge on any atom is -0.405 e. The van der Waals surface area contributed by atoms with Crippen LogP contribution in [0.15, 0.2) is 61.1 Å². The quantitative estimate of drug-likeness (QED) is 0.500. The Morgan fingerprint density at radius 1 is 1.10 bits per heavy atom. The van der Waals surface area contributed by atoms with Gasteiger partial charge in [0.2, 0.25) is 5.91 Å². The Kier molecular flexibility index (Phi) is 4.97. The Labute approximate surface area is 174 Å². The summed E-state index contributed by atoms with van der Waals surface area (Å²) in [5.41, 5.74) is 8.41. The van der Waals surface area contributed by atoms with E-state index in [1.165, 1.54) is 31.3 Å². The molecule has 158 valence electrons. The number of benzene rings is 1. The topological polar surface area (TPSA) is 94.5 Å². The normalized spacial score (nSPS) is 11.5. The van der Waals surface area contributed by atoms with Crippen LogP contribution < -0.4 is 15.8 Å². The van der Waals surface area contributed by atoms with Gasteiger partial charge in [-0.2, -0.15) is 0 Å². The maximum absolute atomic E-state index is 12.8. The molecule has 1 amide bonds. The zero-order valence-corrected chi connectivity index (χ0v) is 16.1. The van der Waals surface area contributed by atoms with Crippen LogP contribution in [0.3, 0.4) is 0 Å². The predicted molar refractivity (Wildman–Crippen MR) is 109 cm³/mol. The van der Waals surface area contributed by atoms with Crippen LogP contribution in [0.4, 0.5) is 24.8 Å². The van der Waals surface area contributed by atoms with Crippen molar-refractivity contribution in [3.05, 3.63) is 61.1 Å². The Morgan fingerprint density at radius 3 is 2.61 bits per heavy atom. The van der Waals surface area contributed by atoms with E-state index in [2.05, 4.69) is 20.0 Å². The molecule has 4 aromatic rings. The Hall–Kier alpha value is -4.08. The van der Waals surface area contributed by atoms with E-state index in [1.54, 1.807) is 41.1 Å². The van der Waals surface area contributed by atoms with Gasteiger partial charge in [0, 0.05) is 41.6 Å². The maximum Gasteiger partial charge on any atom is 0.573 e. The molecule has 31 heavy (non-hydrogen) atoms. The Balaban J connectivity index is 1.76. The van der Waals surface area contributed by atoms with E-state index in [4.69, 9.17) is 5.73 Å². The van der Waals surface area contributed by atoms with Crippen molar-refractivity contribution in [3.8, 4) is 28.0 Å². The van der Waals surface area contributed by atoms with Crippen LogP contribution in [0.1, 0.15) is 6.92 Å². The van der Waals surface area contributed by atoms with Gasteiger partial charge in [-0.3, -0.25) is 4.79 Å².